The average Bonchev–Trinajstić information content (AvgIpc) is 2.77. The number of nitrogens with two attached hydrogens (primary N) is 1. The smallest absolute Gasteiger partial charge is 0.330 e. The molecule has 0 radical (unpaired) electrons. The van der Waals surface area contributed by atoms with Crippen molar-refractivity contribution in [1.82, 2.24) is 10.1 Å². The second-order valence-electron chi connectivity index (χ2n) is 5.01. The Bertz CT molecular complexity index is 388. The molecule has 0 aromatic carbocycles. The molecule has 0 bridgehead atoms. The Kier molecular flexibility index (Phi) is 3.14. The Morgan fingerprint density at radius 3 is 2.56 bits per heavy atom. The first kappa shape index (κ1) is 11.4. The number of nitrogens with zero attached hydrogens (tertiary/aromatic N) is 1. The minimum absolute atomic E-state index is 0.124. The molecule has 0 spiro atoms. The van der Waals surface area contributed by atoms with E-state index in [1.54, 1.807) is 0 Å². The summed E-state index contributed by atoms with van der Waals surface area (Å²) in [4.78, 5) is 13.5. The van der Waals surface area contributed by atoms with E-state index < -0.39 is 5.76 Å². The van der Waals surface area contributed by atoms with Crippen molar-refractivity contribution in [2.75, 3.05) is 6.54 Å². The zero-order chi connectivity index (χ0) is 11.7. The quantitative estimate of drug-likeness (QED) is 0.806. The molecule has 5 heteroatoms. The van der Waals surface area contributed by atoms with Crippen LogP contribution in [0.25, 0.3) is 0 Å². The Balaban J connectivity index is 2.15. The summed E-state index contributed by atoms with van der Waals surface area (Å²) in [7, 11) is 0. The van der Waals surface area contributed by atoms with Gasteiger partial charge in [-0.2, -0.15) is 0 Å². The summed E-state index contributed by atoms with van der Waals surface area (Å²) < 4.78 is 4.54. The van der Waals surface area contributed by atoms with Gasteiger partial charge in [0.05, 0.1) is 0 Å². The maximum Gasteiger partial charge on any atom is 0.438 e. The second-order valence-corrected chi connectivity index (χ2v) is 5.01. The standard InChI is InChI=1S/C11H19N3O2/c1-6-3-8(4-7(6)2)9(5-12)10-13-11(15)16-14-10/h6-9H,3-5,12H2,1-2H3,(H,13,14,15)/t6-,7+,8?,9?. The first-order chi connectivity index (χ1) is 7.61. The van der Waals surface area contributed by atoms with E-state index in [2.05, 4.69) is 28.5 Å². The number of aromatic nitrogens is 2. The van der Waals surface area contributed by atoms with Crippen LogP contribution in [0.1, 0.15) is 38.4 Å². The number of hydrogen-bond donors (Lipinski definition) is 2. The first-order valence-corrected chi connectivity index (χ1v) is 5.87. The van der Waals surface area contributed by atoms with Crippen LogP contribution in [0.3, 0.4) is 0 Å². The third kappa shape index (κ3) is 2.04. The van der Waals surface area contributed by atoms with E-state index in [0.717, 1.165) is 24.7 Å². The SMILES string of the molecule is C[C@@H]1CC(C(CN)c2noc(=O)[nH]2)C[C@@H]1C. The molecule has 2 rings (SSSR count). The summed E-state index contributed by atoms with van der Waals surface area (Å²) in [6.45, 7) is 5.04. The number of H-pyrrole nitrogens is 1. The molecule has 90 valence electrons. The zero-order valence-corrected chi connectivity index (χ0v) is 9.77. The molecule has 1 aliphatic rings. The molecule has 16 heavy (non-hydrogen) atoms. The van der Waals surface area contributed by atoms with Gasteiger partial charge in [0, 0.05) is 12.5 Å². The van der Waals surface area contributed by atoms with Crippen LogP contribution < -0.4 is 11.5 Å². The van der Waals surface area contributed by atoms with Gasteiger partial charge in [-0.15, -0.1) is 0 Å². The lowest BCUT2D eigenvalue weighted by molar-refractivity contribution is 0.356. The van der Waals surface area contributed by atoms with Gasteiger partial charge < -0.3 is 5.73 Å². The monoisotopic (exact) mass is 225 g/mol. The highest BCUT2D eigenvalue weighted by molar-refractivity contribution is 4.99. The van der Waals surface area contributed by atoms with E-state index in [1.807, 2.05) is 0 Å². The minimum atomic E-state index is -0.493. The predicted octanol–water partition coefficient (Wildman–Crippen LogP) is 1.09. The van der Waals surface area contributed by atoms with Gasteiger partial charge in [0.15, 0.2) is 5.82 Å². The van der Waals surface area contributed by atoms with E-state index in [9.17, 15) is 4.79 Å². The van der Waals surface area contributed by atoms with Crippen LogP contribution in [0.2, 0.25) is 0 Å². The number of hydrogen-bond acceptors (Lipinski definition) is 4. The zero-order valence-electron chi connectivity index (χ0n) is 9.77. The molecule has 5 nitrogen and oxygen atoms in total. The molecule has 1 heterocycles. The molecule has 1 aromatic heterocycles. The van der Waals surface area contributed by atoms with Gasteiger partial charge in [-0.05, 0) is 30.6 Å². The Morgan fingerprint density at radius 1 is 1.50 bits per heavy atom. The summed E-state index contributed by atoms with van der Waals surface area (Å²) in [5, 5.41) is 3.76. The fourth-order valence-corrected chi connectivity index (χ4v) is 2.77. The summed E-state index contributed by atoms with van der Waals surface area (Å²) in [5.41, 5.74) is 5.78. The van der Waals surface area contributed by atoms with Crippen LogP contribution in [-0.2, 0) is 0 Å². The van der Waals surface area contributed by atoms with Crippen molar-refractivity contribution in [3.05, 3.63) is 16.4 Å². The van der Waals surface area contributed by atoms with E-state index >= 15 is 0 Å². The minimum Gasteiger partial charge on any atom is -0.330 e. The van der Waals surface area contributed by atoms with E-state index in [0.29, 0.717) is 18.3 Å². The van der Waals surface area contributed by atoms with E-state index in [1.165, 1.54) is 0 Å². The molecule has 0 amide bonds. The highest BCUT2D eigenvalue weighted by Gasteiger charge is 2.35. The molecular formula is C11H19N3O2. The van der Waals surface area contributed by atoms with Crippen LogP contribution in [0.5, 0.6) is 0 Å². The van der Waals surface area contributed by atoms with Crippen LogP contribution in [-0.4, -0.2) is 16.7 Å². The molecule has 2 unspecified atom stereocenters. The van der Waals surface area contributed by atoms with Crippen LogP contribution in [0.4, 0.5) is 0 Å². The molecule has 1 saturated carbocycles. The molecule has 1 fully saturated rings. The Morgan fingerprint density at radius 2 is 2.12 bits per heavy atom. The normalized spacial score (nSPS) is 31.8. The Labute approximate surface area is 94.4 Å². The molecule has 1 aromatic rings. The van der Waals surface area contributed by atoms with Crippen molar-refractivity contribution in [3.63, 3.8) is 0 Å². The van der Waals surface area contributed by atoms with Crippen LogP contribution in [0.15, 0.2) is 9.32 Å². The van der Waals surface area contributed by atoms with Gasteiger partial charge in [-0.25, -0.2) is 4.79 Å². The van der Waals surface area contributed by atoms with Gasteiger partial charge in [-0.1, -0.05) is 19.0 Å². The van der Waals surface area contributed by atoms with Crippen LogP contribution >= 0.6 is 0 Å². The molecule has 3 N–H and O–H groups in total. The van der Waals surface area contributed by atoms with Crippen molar-refractivity contribution >= 4 is 0 Å². The second kappa shape index (κ2) is 4.41. The van der Waals surface area contributed by atoms with Gasteiger partial charge in [-0.3, -0.25) is 9.51 Å². The van der Waals surface area contributed by atoms with Crippen molar-refractivity contribution < 1.29 is 4.52 Å². The van der Waals surface area contributed by atoms with Crippen molar-refractivity contribution in [2.45, 2.75) is 32.6 Å². The van der Waals surface area contributed by atoms with Gasteiger partial charge in [0.2, 0.25) is 0 Å². The molecular weight excluding hydrogens is 206 g/mol. The summed E-state index contributed by atoms with van der Waals surface area (Å²) in [6.07, 6.45) is 2.30. The highest BCUT2D eigenvalue weighted by Crippen LogP contribution is 2.42. The summed E-state index contributed by atoms with van der Waals surface area (Å²) >= 11 is 0. The fourth-order valence-electron chi connectivity index (χ4n) is 2.77. The molecule has 0 aliphatic heterocycles. The van der Waals surface area contributed by atoms with Gasteiger partial charge >= 0.3 is 5.76 Å². The lowest BCUT2D eigenvalue weighted by Crippen LogP contribution is -2.22. The van der Waals surface area contributed by atoms with E-state index in [4.69, 9.17) is 5.73 Å². The lowest BCUT2D eigenvalue weighted by Gasteiger charge is -2.18. The topological polar surface area (TPSA) is 84.9 Å². The molecule has 0 saturated heterocycles. The van der Waals surface area contributed by atoms with Crippen molar-refractivity contribution in [2.24, 2.45) is 23.5 Å². The third-order valence-electron chi connectivity index (χ3n) is 3.95. The van der Waals surface area contributed by atoms with Crippen molar-refractivity contribution in [1.29, 1.82) is 0 Å². The summed E-state index contributed by atoms with van der Waals surface area (Å²) in [6, 6.07) is 0. The third-order valence-corrected chi connectivity index (χ3v) is 3.95. The molecule has 1 aliphatic carbocycles. The van der Waals surface area contributed by atoms with Crippen molar-refractivity contribution in [3.8, 4) is 0 Å². The molecule has 4 atom stereocenters. The summed E-state index contributed by atoms with van der Waals surface area (Å²) in [5.74, 6) is 2.19. The lowest BCUT2D eigenvalue weighted by atomic mass is 9.89. The number of rotatable bonds is 3. The van der Waals surface area contributed by atoms with Crippen LogP contribution in [0, 0.1) is 17.8 Å². The van der Waals surface area contributed by atoms with Gasteiger partial charge in [0.25, 0.3) is 0 Å². The highest BCUT2D eigenvalue weighted by atomic mass is 16.5. The largest absolute Gasteiger partial charge is 0.438 e. The fraction of sp³-hybridized carbons (Fsp3) is 0.818. The number of nitrogens with one attached hydrogen (secondary N) is 1. The first-order valence-electron chi connectivity index (χ1n) is 5.87. The maximum atomic E-state index is 10.9. The van der Waals surface area contributed by atoms with E-state index in [-0.39, 0.29) is 5.92 Å². The average molecular weight is 225 g/mol. The number of aromatic amines is 1. The Hall–Kier alpha value is -1.10. The maximum absolute atomic E-state index is 10.9. The predicted molar refractivity (Wildman–Crippen MR) is 60.0 cm³/mol. The van der Waals surface area contributed by atoms with Gasteiger partial charge in [0.1, 0.15) is 0 Å².